The lowest BCUT2D eigenvalue weighted by molar-refractivity contribution is 0.310. The predicted molar refractivity (Wildman–Crippen MR) is 111 cm³/mol. The third-order valence-corrected chi connectivity index (χ3v) is 5.01. The Balaban J connectivity index is 1.37. The average molecular weight is 384 g/mol. The maximum Gasteiger partial charge on any atom is 0.320 e. The van der Waals surface area contributed by atoms with E-state index in [9.17, 15) is 0 Å². The molecule has 29 heavy (non-hydrogen) atoms. The molecule has 1 N–H and O–H groups in total. The molecule has 1 aromatic carbocycles. The minimum Gasteiger partial charge on any atom is -0.403 e. The Morgan fingerprint density at radius 2 is 1.90 bits per heavy atom. The molecule has 3 aromatic heterocycles. The van der Waals surface area contributed by atoms with E-state index in [-0.39, 0.29) is 0 Å². The highest BCUT2D eigenvalue weighted by Gasteiger charge is 2.16. The minimum atomic E-state index is 0.345. The summed E-state index contributed by atoms with van der Waals surface area (Å²) in [5.41, 5.74) is 6.18. The molecule has 4 aromatic rings. The van der Waals surface area contributed by atoms with Crippen molar-refractivity contribution >= 4 is 11.7 Å². The highest BCUT2D eigenvalue weighted by atomic mass is 16.4. The van der Waals surface area contributed by atoms with Crippen molar-refractivity contribution < 1.29 is 4.42 Å². The van der Waals surface area contributed by atoms with Gasteiger partial charge in [-0.2, -0.15) is 0 Å². The van der Waals surface area contributed by atoms with Crippen molar-refractivity contribution in [2.45, 2.75) is 13.0 Å². The number of anilines is 2. The summed E-state index contributed by atoms with van der Waals surface area (Å²) in [6, 6.07) is 14.4. The first kappa shape index (κ1) is 17.5. The number of fused-ring (bicyclic) bond motifs is 1. The molecule has 0 spiro atoms. The van der Waals surface area contributed by atoms with Crippen LogP contribution in [0.1, 0.15) is 11.3 Å². The topological polar surface area (TPSA) is 80.0 Å². The van der Waals surface area contributed by atoms with Gasteiger partial charge in [-0.1, -0.05) is 23.3 Å². The van der Waals surface area contributed by atoms with E-state index in [4.69, 9.17) is 4.42 Å². The van der Waals surface area contributed by atoms with Crippen molar-refractivity contribution in [1.82, 2.24) is 25.1 Å². The Morgan fingerprint density at radius 3 is 2.79 bits per heavy atom. The van der Waals surface area contributed by atoms with Crippen LogP contribution in [0, 0.1) is 0 Å². The third-order valence-electron chi connectivity index (χ3n) is 5.01. The quantitative estimate of drug-likeness (QED) is 0.571. The van der Waals surface area contributed by atoms with E-state index in [1.165, 1.54) is 5.56 Å². The average Bonchev–Trinajstić information content (AvgIpc) is 3.23. The molecule has 7 nitrogen and oxygen atoms in total. The highest BCUT2D eigenvalue weighted by molar-refractivity contribution is 5.69. The smallest absolute Gasteiger partial charge is 0.320 e. The first-order valence-corrected chi connectivity index (χ1v) is 9.52. The standard InChI is InChI=1S/C22H20N6O/c1-28-9-7-20-18(14-28)11-19(13-24-20)25-22-27-26-21(29-22)16-5-2-4-15(10-16)17-6-3-8-23-12-17/h2-6,8,10-13H,7,9,14H2,1H3,(H,25,27). The number of rotatable bonds is 4. The van der Waals surface area contributed by atoms with Crippen molar-refractivity contribution in [3.63, 3.8) is 0 Å². The fraction of sp³-hybridized carbons (Fsp3) is 0.182. The van der Waals surface area contributed by atoms with Crippen LogP contribution in [-0.4, -0.2) is 38.7 Å². The Labute approximate surface area is 168 Å². The van der Waals surface area contributed by atoms with Gasteiger partial charge >= 0.3 is 6.01 Å². The van der Waals surface area contributed by atoms with Crippen LogP contribution in [0.5, 0.6) is 0 Å². The number of nitrogens with zero attached hydrogens (tertiary/aromatic N) is 5. The van der Waals surface area contributed by atoms with Crippen molar-refractivity contribution in [1.29, 1.82) is 0 Å². The number of nitrogens with one attached hydrogen (secondary N) is 1. The van der Waals surface area contributed by atoms with Gasteiger partial charge in [-0.05, 0) is 42.4 Å². The van der Waals surface area contributed by atoms with E-state index < -0.39 is 0 Å². The summed E-state index contributed by atoms with van der Waals surface area (Å²) in [4.78, 5) is 11.0. The molecule has 0 aliphatic carbocycles. The van der Waals surface area contributed by atoms with Gasteiger partial charge in [-0.3, -0.25) is 9.97 Å². The van der Waals surface area contributed by atoms with Crippen LogP contribution in [0.2, 0.25) is 0 Å². The van der Waals surface area contributed by atoms with Gasteiger partial charge in [-0.15, -0.1) is 5.10 Å². The molecule has 0 saturated heterocycles. The SMILES string of the molecule is CN1CCc2ncc(Nc3nnc(-c4cccc(-c5cccnc5)c4)o3)cc2C1. The third kappa shape index (κ3) is 3.72. The summed E-state index contributed by atoms with van der Waals surface area (Å²) in [7, 11) is 2.12. The Kier molecular flexibility index (Phi) is 4.50. The predicted octanol–water partition coefficient (Wildman–Crippen LogP) is 3.93. The van der Waals surface area contributed by atoms with Crippen LogP contribution in [0.25, 0.3) is 22.6 Å². The molecule has 0 radical (unpaired) electrons. The lowest BCUT2D eigenvalue weighted by Crippen LogP contribution is -2.27. The highest BCUT2D eigenvalue weighted by Crippen LogP contribution is 2.27. The summed E-state index contributed by atoms with van der Waals surface area (Å²) >= 11 is 0. The molecule has 0 unspecified atom stereocenters. The van der Waals surface area contributed by atoms with Crippen LogP contribution < -0.4 is 5.32 Å². The van der Waals surface area contributed by atoms with Gasteiger partial charge in [0.05, 0.1) is 11.9 Å². The Bertz CT molecular complexity index is 1140. The molecular formula is C22H20N6O. The Morgan fingerprint density at radius 1 is 1.00 bits per heavy atom. The monoisotopic (exact) mass is 384 g/mol. The van der Waals surface area contributed by atoms with Crippen LogP contribution in [-0.2, 0) is 13.0 Å². The van der Waals surface area contributed by atoms with Crippen LogP contribution in [0.4, 0.5) is 11.7 Å². The maximum atomic E-state index is 5.84. The number of hydrogen-bond donors (Lipinski definition) is 1. The number of aromatic nitrogens is 4. The molecule has 0 saturated carbocycles. The largest absolute Gasteiger partial charge is 0.403 e. The normalized spacial score (nSPS) is 13.8. The molecule has 4 heterocycles. The van der Waals surface area contributed by atoms with Crippen molar-refractivity contribution in [3.05, 3.63) is 72.3 Å². The fourth-order valence-corrected chi connectivity index (χ4v) is 3.51. The second kappa shape index (κ2) is 7.44. The number of hydrogen-bond acceptors (Lipinski definition) is 7. The fourth-order valence-electron chi connectivity index (χ4n) is 3.51. The van der Waals surface area contributed by atoms with E-state index in [0.29, 0.717) is 11.9 Å². The molecule has 7 heteroatoms. The molecule has 5 rings (SSSR count). The summed E-state index contributed by atoms with van der Waals surface area (Å²) < 4.78 is 5.84. The van der Waals surface area contributed by atoms with E-state index in [2.05, 4.69) is 43.5 Å². The molecule has 144 valence electrons. The zero-order valence-electron chi connectivity index (χ0n) is 16.0. The van der Waals surface area contributed by atoms with E-state index >= 15 is 0 Å². The minimum absolute atomic E-state index is 0.345. The second-order valence-electron chi connectivity index (χ2n) is 7.18. The van der Waals surface area contributed by atoms with Gasteiger partial charge in [0.25, 0.3) is 0 Å². The maximum absolute atomic E-state index is 5.84. The molecule has 0 bridgehead atoms. The zero-order valence-corrected chi connectivity index (χ0v) is 16.0. The van der Waals surface area contributed by atoms with Gasteiger partial charge in [0.2, 0.25) is 5.89 Å². The summed E-state index contributed by atoms with van der Waals surface area (Å²) in [5, 5.41) is 11.5. The van der Waals surface area contributed by atoms with Gasteiger partial charge in [-0.25, -0.2) is 0 Å². The van der Waals surface area contributed by atoms with Gasteiger partial charge in [0, 0.05) is 48.7 Å². The van der Waals surface area contributed by atoms with E-state index in [1.54, 1.807) is 6.20 Å². The van der Waals surface area contributed by atoms with Crippen molar-refractivity contribution in [2.24, 2.45) is 0 Å². The first-order chi connectivity index (χ1) is 14.2. The summed E-state index contributed by atoms with van der Waals surface area (Å²) in [6.45, 7) is 1.94. The second-order valence-corrected chi connectivity index (χ2v) is 7.18. The molecule has 0 amide bonds. The molecular weight excluding hydrogens is 364 g/mol. The lowest BCUT2D eigenvalue weighted by atomic mass is 10.1. The van der Waals surface area contributed by atoms with Crippen molar-refractivity contribution in [2.75, 3.05) is 18.9 Å². The molecule has 1 aliphatic heterocycles. The summed E-state index contributed by atoms with van der Waals surface area (Å²) in [6.07, 6.45) is 6.39. The van der Waals surface area contributed by atoms with Gasteiger partial charge in [0.1, 0.15) is 0 Å². The van der Waals surface area contributed by atoms with Crippen LogP contribution in [0.15, 0.2) is 65.5 Å². The van der Waals surface area contributed by atoms with Gasteiger partial charge in [0.15, 0.2) is 0 Å². The number of pyridine rings is 2. The lowest BCUT2D eigenvalue weighted by Gasteiger charge is -2.24. The molecule has 1 aliphatic rings. The summed E-state index contributed by atoms with van der Waals surface area (Å²) in [5.74, 6) is 0.462. The van der Waals surface area contributed by atoms with E-state index in [1.807, 2.05) is 48.8 Å². The number of benzene rings is 1. The zero-order chi connectivity index (χ0) is 19.6. The van der Waals surface area contributed by atoms with Gasteiger partial charge < -0.3 is 14.6 Å². The Hall–Kier alpha value is -3.58. The molecule has 0 fully saturated rings. The van der Waals surface area contributed by atoms with E-state index in [0.717, 1.165) is 47.6 Å². The first-order valence-electron chi connectivity index (χ1n) is 9.52. The van der Waals surface area contributed by atoms with Crippen LogP contribution >= 0.6 is 0 Å². The number of likely N-dealkylation sites (N-methyl/N-ethyl adjacent to an activating group) is 1. The molecule has 0 atom stereocenters. The van der Waals surface area contributed by atoms with Crippen molar-refractivity contribution in [3.8, 4) is 22.6 Å². The van der Waals surface area contributed by atoms with Crippen LogP contribution in [0.3, 0.4) is 0 Å².